The van der Waals surface area contributed by atoms with E-state index in [0.29, 0.717) is 24.7 Å². The van der Waals surface area contributed by atoms with Crippen molar-refractivity contribution >= 4 is 11.9 Å². The van der Waals surface area contributed by atoms with Gasteiger partial charge in [0.2, 0.25) is 5.95 Å². The van der Waals surface area contributed by atoms with Crippen LogP contribution in [-0.4, -0.2) is 61.7 Å². The van der Waals surface area contributed by atoms with Crippen LogP contribution >= 0.6 is 0 Å². The summed E-state index contributed by atoms with van der Waals surface area (Å²) in [4.78, 5) is 30.2. The molecule has 186 valence electrons. The quantitative estimate of drug-likeness (QED) is 0.522. The van der Waals surface area contributed by atoms with Crippen molar-refractivity contribution in [2.24, 2.45) is 0 Å². The van der Waals surface area contributed by atoms with Crippen molar-refractivity contribution in [1.82, 2.24) is 24.4 Å². The third kappa shape index (κ3) is 4.53. The highest BCUT2D eigenvalue weighted by Crippen LogP contribution is 2.35. The Hall–Kier alpha value is -3.87. The Balaban J connectivity index is 1.35. The second-order valence-electron chi connectivity index (χ2n) is 9.33. The fraction of sp³-hybridized carbons (Fsp3) is 0.423. The molecule has 10 heteroatoms. The van der Waals surface area contributed by atoms with Crippen molar-refractivity contribution in [2.45, 2.75) is 57.8 Å². The molecule has 0 unspecified atom stereocenters. The first-order valence-corrected chi connectivity index (χ1v) is 12.2. The first-order chi connectivity index (χ1) is 17.4. The summed E-state index contributed by atoms with van der Waals surface area (Å²) in [6.07, 6.45) is 6.68. The van der Waals surface area contributed by atoms with Crippen LogP contribution in [0.5, 0.6) is 0 Å². The van der Waals surface area contributed by atoms with Gasteiger partial charge in [-0.2, -0.15) is 5.26 Å². The minimum absolute atomic E-state index is 0.0236. The summed E-state index contributed by atoms with van der Waals surface area (Å²) in [5, 5.41) is 9.00. The van der Waals surface area contributed by atoms with E-state index in [1.807, 2.05) is 17.9 Å². The normalized spacial score (nSPS) is 19.7. The Kier molecular flexibility index (Phi) is 6.39. The molecule has 1 aliphatic carbocycles. The Labute approximate surface area is 208 Å². The van der Waals surface area contributed by atoms with Gasteiger partial charge in [0.25, 0.3) is 5.91 Å². The molecule has 3 aromatic rings. The van der Waals surface area contributed by atoms with Gasteiger partial charge in [-0.05, 0) is 56.4 Å². The van der Waals surface area contributed by atoms with Gasteiger partial charge in [0.15, 0.2) is 0 Å². The number of carbonyl (C=O) groups excluding carboxylic acids is 1. The highest BCUT2D eigenvalue weighted by atomic mass is 19.1. The van der Waals surface area contributed by atoms with E-state index < -0.39 is 18.0 Å². The minimum Gasteiger partial charge on any atom is -0.338 e. The summed E-state index contributed by atoms with van der Waals surface area (Å²) >= 11 is 0. The lowest BCUT2D eigenvalue weighted by Gasteiger charge is -2.40. The standard InChI is InChI=1S/C26H27F2N7O/c1-3-17-12-30-26(31-13-17)33-9-8-24(21(28)14-33)35(19-5-6-19)25(36)22-15-34(16(2)32-22)23-7-4-18(11-29)10-20(23)27/h4,7,10,12-13,15,19,21,24H,3,5-6,8-9,14H2,1-2H3/t21-,24+/m0/s1. The highest BCUT2D eigenvalue weighted by molar-refractivity contribution is 5.93. The van der Waals surface area contributed by atoms with E-state index in [0.717, 1.165) is 30.9 Å². The average Bonchev–Trinajstić information content (AvgIpc) is 3.65. The number of piperidine rings is 1. The average molecular weight is 492 g/mol. The van der Waals surface area contributed by atoms with E-state index in [9.17, 15) is 9.18 Å². The van der Waals surface area contributed by atoms with Gasteiger partial charge in [0.1, 0.15) is 23.5 Å². The minimum atomic E-state index is -1.27. The molecule has 2 atom stereocenters. The molecule has 8 nitrogen and oxygen atoms in total. The van der Waals surface area contributed by atoms with Gasteiger partial charge in [0, 0.05) is 31.2 Å². The summed E-state index contributed by atoms with van der Waals surface area (Å²) in [5.41, 5.74) is 1.57. The molecule has 5 rings (SSSR count). The number of nitriles is 1. The second-order valence-corrected chi connectivity index (χ2v) is 9.33. The third-order valence-electron chi connectivity index (χ3n) is 6.86. The molecule has 0 radical (unpaired) electrons. The van der Waals surface area contributed by atoms with Gasteiger partial charge in [-0.15, -0.1) is 0 Å². The lowest BCUT2D eigenvalue weighted by molar-refractivity contribution is 0.0481. The lowest BCUT2D eigenvalue weighted by atomic mass is 10.0. The zero-order valence-electron chi connectivity index (χ0n) is 20.2. The number of amides is 1. The molecule has 0 N–H and O–H groups in total. The number of carbonyl (C=O) groups is 1. The van der Waals surface area contributed by atoms with E-state index in [2.05, 4.69) is 15.0 Å². The van der Waals surface area contributed by atoms with Crippen LogP contribution in [0.1, 0.15) is 53.6 Å². The van der Waals surface area contributed by atoms with Crippen molar-refractivity contribution in [1.29, 1.82) is 5.26 Å². The van der Waals surface area contributed by atoms with Crippen LogP contribution in [0, 0.1) is 24.1 Å². The SMILES string of the molecule is CCc1cnc(N2CC[C@@H](N(C(=O)c3cn(-c4ccc(C#N)cc4F)c(C)n3)C3CC3)[C@@H](F)C2)nc1. The molecule has 0 bridgehead atoms. The molecule has 1 aromatic carbocycles. The number of nitrogens with zero attached hydrogens (tertiary/aromatic N) is 7. The van der Waals surface area contributed by atoms with E-state index in [1.165, 1.54) is 22.9 Å². The van der Waals surface area contributed by atoms with Crippen LogP contribution in [0.2, 0.25) is 0 Å². The number of hydrogen-bond acceptors (Lipinski definition) is 6. The van der Waals surface area contributed by atoms with Crippen molar-refractivity contribution in [3.63, 3.8) is 0 Å². The smallest absolute Gasteiger partial charge is 0.274 e. The molecule has 2 aliphatic rings. The van der Waals surface area contributed by atoms with Crippen molar-refractivity contribution < 1.29 is 13.6 Å². The summed E-state index contributed by atoms with van der Waals surface area (Å²) in [5.74, 6) is -0.00978. The van der Waals surface area contributed by atoms with Gasteiger partial charge in [-0.3, -0.25) is 4.79 Å². The topological polar surface area (TPSA) is 90.9 Å². The first kappa shape index (κ1) is 23.9. The number of alkyl halides is 1. The summed E-state index contributed by atoms with van der Waals surface area (Å²) in [7, 11) is 0. The molecule has 36 heavy (non-hydrogen) atoms. The molecule has 1 saturated heterocycles. The number of hydrogen-bond donors (Lipinski definition) is 0. The molecule has 1 aliphatic heterocycles. The monoisotopic (exact) mass is 491 g/mol. The maximum atomic E-state index is 15.5. The Morgan fingerprint density at radius 1 is 1.25 bits per heavy atom. The lowest BCUT2D eigenvalue weighted by Crippen LogP contribution is -2.55. The maximum absolute atomic E-state index is 15.5. The highest BCUT2D eigenvalue weighted by Gasteiger charge is 2.44. The third-order valence-corrected chi connectivity index (χ3v) is 6.86. The molecular formula is C26H27F2N7O. The van der Waals surface area contributed by atoms with Crippen LogP contribution in [0.15, 0.2) is 36.8 Å². The van der Waals surface area contributed by atoms with Gasteiger partial charge < -0.3 is 14.4 Å². The molecule has 1 amide bonds. The van der Waals surface area contributed by atoms with Crippen molar-refractivity contribution in [3.05, 3.63) is 65.3 Å². The number of aryl methyl sites for hydroxylation is 2. The van der Waals surface area contributed by atoms with Gasteiger partial charge >= 0.3 is 0 Å². The van der Waals surface area contributed by atoms with Crippen molar-refractivity contribution in [3.8, 4) is 11.8 Å². The van der Waals surface area contributed by atoms with E-state index in [-0.39, 0.29) is 35.4 Å². The van der Waals surface area contributed by atoms with Gasteiger partial charge in [-0.1, -0.05) is 6.92 Å². The number of imidazole rings is 1. The van der Waals surface area contributed by atoms with E-state index >= 15 is 4.39 Å². The number of anilines is 1. The van der Waals surface area contributed by atoms with Gasteiger partial charge in [-0.25, -0.2) is 23.7 Å². The molecule has 0 spiro atoms. The predicted octanol–water partition coefficient (Wildman–Crippen LogP) is 3.77. The van der Waals surface area contributed by atoms with Crippen LogP contribution in [0.25, 0.3) is 5.69 Å². The molecule has 1 saturated carbocycles. The van der Waals surface area contributed by atoms with E-state index in [1.54, 1.807) is 24.2 Å². The molecular weight excluding hydrogens is 464 g/mol. The zero-order valence-corrected chi connectivity index (χ0v) is 20.2. The van der Waals surface area contributed by atoms with E-state index in [4.69, 9.17) is 5.26 Å². The second kappa shape index (κ2) is 9.64. The Morgan fingerprint density at radius 3 is 2.61 bits per heavy atom. The number of benzene rings is 1. The fourth-order valence-electron chi connectivity index (χ4n) is 4.74. The largest absolute Gasteiger partial charge is 0.338 e. The summed E-state index contributed by atoms with van der Waals surface area (Å²) in [6, 6.07) is 5.45. The van der Waals surface area contributed by atoms with Crippen LogP contribution in [-0.2, 0) is 6.42 Å². The molecule has 3 heterocycles. The predicted molar refractivity (Wildman–Crippen MR) is 129 cm³/mol. The summed E-state index contributed by atoms with van der Waals surface area (Å²) in [6.45, 7) is 4.35. The number of rotatable bonds is 6. The van der Waals surface area contributed by atoms with Crippen LogP contribution in [0.3, 0.4) is 0 Å². The molecule has 2 fully saturated rings. The van der Waals surface area contributed by atoms with Gasteiger partial charge in [0.05, 0.1) is 29.9 Å². The Bertz CT molecular complexity index is 1310. The van der Waals surface area contributed by atoms with Crippen molar-refractivity contribution in [2.75, 3.05) is 18.0 Å². The number of halogens is 2. The fourth-order valence-corrected chi connectivity index (χ4v) is 4.74. The first-order valence-electron chi connectivity index (χ1n) is 12.2. The summed E-state index contributed by atoms with van der Waals surface area (Å²) < 4.78 is 31.6. The Morgan fingerprint density at radius 2 is 2.00 bits per heavy atom. The zero-order chi connectivity index (χ0) is 25.4. The van der Waals surface area contributed by atoms with Crippen LogP contribution in [0.4, 0.5) is 14.7 Å². The molecule has 2 aromatic heterocycles. The maximum Gasteiger partial charge on any atom is 0.274 e. The number of aromatic nitrogens is 4. The van der Waals surface area contributed by atoms with Crippen LogP contribution < -0.4 is 4.90 Å².